The first-order chi connectivity index (χ1) is 12.7. The van der Waals surface area contributed by atoms with Crippen molar-refractivity contribution >= 4 is 35.1 Å². The van der Waals surface area contributed by atoms with E-state index in [2.05, 4.69) is 21.7 Å². The van der Waals surface area contributed by atoms with E-state index < -0.39 is 0 Å². The summed E-state index contributed by atoms with van der Waals surface area (Å²) in [5, 5.41) is 14.8. The molecule has 0 bridgehead atoms. The Morgan fingerprint density at radius 1 is 1.27 bits per heavy atom. The molecule has 7 nitrogen and oxygen atoms in total. The summed E-state index contributed by atoms with van der Waals surface area (Å²) in [4.78, 5) is 31.0. The number of benzene rings is 1. The normalized spacial score (nSPS) is 12.9. The fourth-order valence-electron chi connectivity index (χ4n) is 2.55. The highest BCUT2D eigenvalue weighted by atomic mass is 32.2. The van der Waals surface area contributed by atoms with Crippen LogP contribution in [0, 0.1) is 11.3 Å². The number of nitriles is 1. The number of fused-ring (bicyclic) bond motifs is 1. The lowest BCUT2D eigenvalue weighted by Gasteiger charge is -2.28. The Hall–Kier alpha value is -3.05. The molecule has 2 amide bonds. The monoisotopic (exact) mass is 367 g/mol. The molecule has 2 aromatic rings. The first kappa shape index (κ1) is 17.8. The van der Waals surface area contributed by atoms with Crippen LogP contribution in [0.2, 0.25) is 0 Å². The van der Waals surface area contributed by atoms with E-state index in [-0.39, 0.29) is 18.4 Å². The Morgan fingerprint density at radius 2 is 2.12 bits per heavy atom. The van der Waals surface area contributed by atoms with Gasteiger partial charge in [-0.2, -0.15) is 5.26 Å². The van der Waals surface area contributed by atoms with E-state index in [0.717, 1.165) is 10.6 Å². The lowest BCUT2D eigenvalue weighted by Crippen LogP contribution is -2.44. The Balaban J connectivity index is 1.50. The summed E-state index contributed by atoms with van der Waals surface area (Å²) >= 11 is 1.48. The number of aromatic nitrogens is 1. The van der Waals surface area contributed by atoms with Crippen molar-refractivity contribution in [2.75, 3.05) is 35.6 Å². The van der Waals surface area contributed by atoms with E-state index >= 15 is 0 Å². The highest BCUT2D eigenvalue weighted by Gasteiger charge is 2.25. The van der Waals surface area contributed by atoms with Gasteiger partial charge in [-0.25, -0.2) is 4.98 Å². The highest BCUT2D eigenvalue weighted by molar-refractivity contribution is 8.00. The highest BCUT2D eigenvalue weighted by Crippen LogP contribution is 2.34. The minimum absolute atomic E-state index is 0.0105. The molecule has 0 unspecified atom stereocenters. The van der Waals surface area contributed by atoms with Crippen molar-refractivity contribution in [1.29, 1.82) is 5.26 Å². The van der Waals surface area contributed by atoms with Gasteiger partial charge < -0.3 is 15.5 Å². The van der Waals surface area contributed by atoms with Gasteiger partial charge in [0.15, 0.2) is 0 Å². The van der Waals surface area contributed by atoms with Gasteiger partial charge in [0.05, 0.1) is 17.0 Å². The zero-order valence-electron chi connectivity index (χ0n) is 13.9. The molecule has 132 valence electrons. The number of para-hydroxylation sites is 1. The molecule has 2 N–H and O–H groups in total. The predicted octanol–water partition coefficient (Wildman–Crippen LogP) is 1.62. The van der Waals surface area contributed by atoms with Crippen LogP contribution in [0.25, 0.3) is 0 Å². The molecule has 1 aliphatic rings. The van der Waals surface area contributed by atoms with Gasteiger partial charge in [-0.05, 0) is 24.3 Å². The quantitative estimate of drug-likeness (QED) is 0.753. The van der Waals surface area contributed by atoms with Crippen LogP contribution in [0.1, 0.15) is 5.56 Å². The van der Waals surface area contributed by atoms with Gasteiger partial charge in [-0.3, -0.25) is 9.59 Å². The minimum Gasteiger partial charge on any atom is -0.367 e. The van der Waals surface area contributed by atoms with Crippen molar-refractivity contribution in [2.45, 2.75) is 4.90 Å². The molecule has 0 atom stereocenters. The third kappa shape index (κ3) is 4.13. The predicted molar refractivity (Wildman–Crippen MR) is 100.0 cm³/mol. The van der Waals surface area contributed by atoms with Crippen molar-refractivity contribution in [3.8, 4) is 6.07 Å². The van der Waals surface area contributed by atoms with Crippen LogP contribution in [0.3, 0.4) is 0 Å². The fourth-order valence-corrected chi connectivity index (χ4v) is 3.48. The van der Waals surface area contributed by atoms with Crippen molar-refractivity contribution in [2.24, 2.45) is 0 Å². The van der Waals surface area contributed by atoms with Gasteiger partial charge >= 0.3 is 0 Å². The van der Waals surface area contributed by atoms with E-state index in [0.29, 0.717) is 30.2 Å². The molecule has 1 aliphatic heterocycles. The molecule has 1 aromatic carbocycles. The molecule has 1 aromatic heterocycles. The summed E-state index contributed by atoms with van der Waals surface area (Å²) in [6.07, 6.45) is 1.60. The van der Waals surface area contributed by atoms with Gasteiger partial charge in [-0.15, -0.1) is 11.8 Å². The first-order valence-electron chi connectivity index (χ1n) is 8.07. The molecule has 0 saturated heterocycles. The van der Waals surface area contributed by atoms with Crippen LogP contribution in [0.15, 0.2) is 47.5 Å². The van der Waals surface area contributed by atoms with Gasteiger partial charge in [0.1, 0.15) is 18.4 Å². The maximum Gasteiger partial charge on any atom is 0.240 e. The minimum atomic E-state index is -0.233. The maximum absolute atomic E-state index is 12.2. The maximum atomic E-state index is 12.2. The molecular formula is C18H17N5O2S. The van der Waals surface area contributed by atoms with Crippen LogP contribution >= 0.6 is 11.8 Å². The molecule has 3 rings (SSSR count). The number of amides is 2. The number of anilines is 2. The zero-order chi connectivity index (χ0) is 18.4. The van der Waals surface area contributed by atoms with E-state index in [9.17, 15) is 9.59 Å². The van der Waals surface area contributed by atoms with Crippen molar-refractivity contribution in [3.63, 3.8) is 0 Å². The van der Waals surface area contributed by atoms with E-state index in [1.807, 2.05) is 24.3 Å². The SMILES string of the molecule is N#Cc1cccnc1NCCNC(=O)CN1C(=O)CSc2ccccc21. The molecule has 0 radical (unpaired) electrons. The summed E-state index contributed by atoms with van der Waals surface area (Å²) in [5.41, 5.74) is 1.22. The second kappa shape index (κ2) is 8.36. The van der Waals surface area contributed by atoms with Crippen LogP contribution in [0.5, 0.6) is 0 Å². The van der Waals surface area contributed by atoms with Crippen molar-refractivity contribution < 1.29 is 9.59 Å². The second-order valence-corrected chi connectivity index (χ2v) is 6.54. The summed E-state index contributed by atoms with van der Waals surface area (Å²) in [6.45, 7) is 0.778. The number of hydrogen-bond donors (Lipinski definition) is 2. The molecule has 0 spiro atoms. The van der Waals surface area contributed by atoms with Gasteiger partial charge in [0.25, 0.3) is 0 Å². The smallest absolute Gasteiger partial charge is 0.240 e. The number of rotatable bonds is 6. The molecule has 0 saturated carbocycles. The van der Waals surface area contributed by atoms with E-state index in [1.54, 1.807) is 18.3 Å². The summed E-state index contributed by atoms with van der Waals surface area (Å²) in [6, 6.07) is 13.0. The largest absolute Gasteiger partial charge is 0.367 e. The molecule has 2 heterocycles. The van der Waals surface area contributed by atoms with E-state index in [4.69, 9.17) is 5.26 Å². The summed E-state index contributed by atoms with van der Waals surface area (Å²) < 4.78 is 0. The van der Waals surface area contributed by atoms with Crippen LogP contribution in [-0.2, 0) is 9.59 Å². The number of hydrogen-bond acceptors (Lipinski definition) is 6. The third-order valence-corrected chi connectivity index (χ3v) is 4.83. The number of thioether (sulfide) groups is 1. The van der Waals surface area contributed by atoms with Gasteiger partial charge in [0, 0.05) is 24.2 Å². The summed E-state index contributed by atoms with van der Waals surface area (Å²) in [7, 11) is 0. The standard InChI is InChI=1S/C18H17N5O2S/c19-10-13-4-3-7-21-18(13)22-9-8-20-16(24)11-23-14-5-1-2-6-15(14)26-12-17(23)25/h1-7H,8-9,11-12H2,(H,20,24)(H,21,22). The van der Waals surface area contributed by atoms with Crippen molar-refractivity contribution in [3.05, 3.63) is 48.2 Å². The molecule has 8 heteroatoms. The van der Waals surface area contributed by atoms with Crippen LogP contribution in [0.4, 0.5) is 11.5 Å². The van der Waals surface area contributed by atoms with E-state index in [1.165, 1.54) is 16.7 Å². The molecule has 0 aliphatic carbocycles. The zero-order valence-corrected chi connectivity index (χ0v) is 14.8. The number of nitrogens with zero attached hydrogens (tertiary/aromatic N) is 3. The Morgan fingerprint density at radius 3 is 2.96 bits per heavy atom. The van der Waals surface area contributed by atoms with Gasteiger partial charge in [0.2, 0.25) is 11.8 Å². The van der Waals surface area contributed by atoms with Crippen molar-refractivity contribution in [1.82, 2.24) is 10.3 Å². The van der Waals surface area contributed by atoms with Crippen LogP contribution < -0.4 is 15.5 Å². The molecular weight excluding hydrogens is 350 g/mol. The summed E-state index contributed by atoms with van der Waals surface area (Å²) in [5.74, 6) is 0.515. The Bertz CT molecular complexity index is 865. The lowest BCUT2D eigenvalue weighted by molar-refractivity contribution is -0.122. The second-order valence-electron chi connectivity index (χ2n) is 5.52. The number of nitrogens with one attached hydrogen (secondary N) is 2. The average molecular weight is 367 g/mol. The molecule has 0 fully saturated rings. The lowest BCUT2D eigenvalue weighted by atomic mass is 10.2. The number of pyridine rings is 1. The Labute approximate surface area is 155 Å². The Kier molecular flexibility index (Phi) is 5.71. The number of carbonyl (C=O) groups excluding carboxylic acids is 2. The van der Waals surface area contributed by atoms with Gasteiger partial charge in [-0.1, -0.05) is 12.1 Å². The molecule has 26 heavy (non-hydrogen) atoms. The topological polar surface area (TPSA) is 98.1 Å². The average Bonchev–Trinajstić information content (AvgIpc) is 2.68. The first-order valence-corrected chi connectivity index (χ1v) is 9.05. The third-order valence-electron chi connectivity index (χ3n) is 3.78. The van der Waals surface area contributed by atoms with Crippen LogP contribution in [-0.4, -0.2) is 42.2 Å². The number of carbonyl (C=O) groups is 2. The fraction of sp³-hybridized carbons (Fsp3) is 0.222.